The minimum Gasteiger partial charge on any atom is -0.370 e. The van der Waals surface area contributed by atoms with E-state index in [2.05, 4.69) is 17.1 Å². The first-order valence-corrected chi connectivity index (χ1v) is 9.00. The predicted molar refractivity (Wildman–Crippen MR) is 96.3 cm³/mol. The standard InChI is InChI=1S/C18H28N4O2/c1-18(20-17-6-3-2-5-16(17)19)11-4-12-21(13-18)14-7-9-15(10-8-14)22(23)24/h7-10,16-17,20H,2-6,11-13,19H2,1H3/t16-,17-,18?/m1/s1. The average molecular weight is 332 g/mol. The van der Waals surface area contributed by atoms with Crippen LogP contribution in [0.2, 0.25) is 0 Å². The average Bonchev–Trinajstić information content (AvgIpc) is 2.57. The van der Waals surface area contributed by atoms with Gasteiger partial charge in [0.15, 0.2) is 0 Å². The third-order valence-electron chi connectivity index (χ3n) is 5.48. The van der Waals surface area contributed by atoms with E-state index in [-0.39, 0.29) is 22.2 Å². The molecule has 3 rings (SSSR count). The van der Waals surface area contributed by atoms with Gasteiger partial charge in [0.05, 0.1) is 4.92 Å². The van der Waals surface area contributed by atoms with E-state index in [4.69, 9.17) is 5.73 Å². The van der Waals surface area contributed by atoms with Crippen LogP contribution in [0.4, 0.5) is 11.4 Å². The van der Waals surface area contributed by atoms with Crippen LogP contribution >= 0.6 is 0 Å². The van der Waals surface area contributed by atoms with Crippen molar-refractivity contribution in [3.63, 3.8) is 0 Å². The van der Waals surface area contributed by atoms with E-state index in [0.29, 0.717) is 6.04 Å². The molecule has 0 bridgehead atoms. The molecule has 1 aliphatic heterocycles. The summed E-state index contributed by atoms with van der Waals surface area (Å²) in [4.78, 5) is 12.8. The monoisotopic (exact) mass is 332 g/mol. The van der Waals surface area contributed by atoms with Gasteiger partial charge in [0.25, 0.3) is 5.69 Å². The molecule has 2 aliphatic rings. The van der Waals surface area contributed by atoms with Crippen molar-refractivity contribution < 1.29 is 4.92 Å². The van der Waals surface area contributed by atoms with Crippen LogP contribution in [0.1, 0.15) is 45.4 Å². The Morgan fingerprint density at radius 1 is 1.25 bits per heavy atom. The lowest BCUT2D eigenvalue weighted by atomic mass is 9.85. The molecule has 1 aliphatic carbocycles. The van der Waals surface area contributed by atoms with E-state index in [1.54, 1.807) is 12.1 Å². The smallest absolute Gasteiger partial charge is 0.269 e. The lowest BCUT2D eigenvalue weighted by molar-refractivity contribution is -0.384. The second kappa shape index (κ2) is 7.07. The predicted octanol–water partition coefficient (Wildman–Crippen LogP) is 2.81. The molecule has 1 aromatic carbocycles. The van der Waals surface area contributed by atoms with Crippen molar-refractivity contribution in [3.8, 4) is 0 Å². The third-order valence-corrected chi connectivity index (χ3v) is 5.48. The van der Waals surface area contributed by atoms with Crippen molar-refractivity contribution in [1.82, 2.24) is 5.32 Å². The molecule has 3 atom stereocenters. The van der Waals surface area contributed by atoms with Crippen LogP contribution in [0, 0.1) is 10.1 Å². The zero-order valence-corrected chi connectivity index (χ0v) is 14.4. The summed E-state index contributed by atoms with van der Waals surface area (Å²) in [5.74, 6) is 0. The van der Waals surface area contributed by atoms with Crippen LogP contribution in [0.5, 0.6) is 0 Å². The Balaban J connectivity index is 1.67. The maximum absolute atomic E-state index is 10.8. The number of hydrogen-bond donors (Lipinski definition) is 2. The highest BCUT2D eigenvalue weighted by atomic mass is 16.6. The van der Waals surface area contributed by atoms with Crippen LogP contribution in [-0.2, 0) is 0 Å². The Bertz CT molecular complexity index is 577. The maximum atomic E-state index is 10.8. The van der Waals surface area contributed by atoms with Gasteiger partial charge in [-0.15, -0.1) is 0 Å². The number of nitrogens with one attached hydrogen (secondary N) is 1. The number of non-ortho nitro benzene ring substituents is 1. The third kappa shape index (κ3) is 3.87. The molecule has 1 saturated heterocycles. The fourth-order valence-corrected chi connectivity index (χ4v) is 4.15. The van der Waals surface area contributed by atoms with Crippen molar-refractivity contribution >= 4 is 11.4 Å². The lowest BCUT2D eigenvalue weighted by Crippen LogP contribution is -2.62. The molecule has 1 unspecified atom stereocenters. The number of nitrogens with two attached hydrogens (primary N) is 1. The van der Waals surface area contributed by atoms with E-state index in [1.807, 2.05) is 12.1 Å². The largest absolute Gasteiger partial charge is 0.370 e. The molecular formula is C18H28N4O2. The summed E-state index contributed by atoms with van der Waals surface area (Å²) in [5.41, 5.74) is 7.55. The highest BCUT2D eigenvalue weighted by molar-refractivity contribution is 5.51. The molecular weight excluding hydrogens is 304 g/mol. The molecule has 6 heteroatoms. The van der Waals surface area contributed by atoms with Gasteiger partial charge in [0.2, 0.25) is 0 Å². The Kier molecular flexibility index (Phi) is 5.06. The molecule has 24 heavy (non-hydrogen) atoms. The number of hydrogen-bond acceptors (Lipinski definition) is 5. The Hall–Kier alpha value is -1.66. The molecule has 1 aromatic rings. The molecule has 0 spiro atoms. The molecule has 3 N–H and O–H groups in total. The summed E-state index contributed by atoms with van der Waals surface area (Å²) in [7, 11) is 0. The molecule has 1 heterocycles. The van der Waals surface area contributed by atoms with E-state index in [0.717, 1.165) is 44.5 Å². The Morgan fingerprint density at radius 3 is 2.62 bits per heavy atom. The number of benzene rings is 1. The van der Waals surface area contributed by atoms with Gasteiger partial charge in [-0.1, -0.05) is 12.8 Å². The molecule has 0 aromatic heterocycles. The fraction of sp³-hybridized carbons (Fsp3) is 0.667. The van der Waals surface area contributed by atoms with Crippen LogP contribution < -0.4 is 16.0 Å². The van der Waals surface area contributed by atoms with Gasteiger partial charge in [-0.3, -0.25) is 10.1 Å². The van der Waals surface area contributed by atoms with E-state index < -0.39 is 0 Å². The van der Waals surface area contributed by atoms with Crippen molar-refractivity contribution in [2.75, 3.05) is 18.0 Å². The van der Waals surface area contributed by atoms with Gasteiger partial charge in [-0.2, -0.15) is 0 Å². The lowest BCUT2D eigenvalue weighted by Gasteiger charge is -2.46. The van der Waals surface area contributed by atoms with Gasteiger partial charge in [-0.05, 0) is 44.7 Å². The second-order valence-electron chi connectivity index (χ2n) is 7.56. The maximum Gasteiger partial charge on any atom is 0.269 e. The number of nitro groups is 1. The molecule has 2 fully saturated rings. The first-order chi connectivity index (χ1) is 11.5. The normalized spacial score (nSPS) is 31.0. The van der Waals surface area contributed by atoms with E-state index in [1.165, 1.54) is 12.8 Å². The summed E-state index contributed by atoms with van der Waals surface area (Å²) < 4.78 is 0. The van der Waals surface area contributed by atoms with Crippen LogP contribution in [0.3, 0.4) is 0 Å². The number of nitrogens with zero attached hydrogens (tertiary/aromatic N) is 2. The molecule has 6 nitrogen and oxygen atoms in total. The van der Waals surface area contributed by atoms with Crippen molar-refractivity contribution in [3.05, 3.63) is 34.4 Å². The summed E-state index contributed by atoms with van der Waals surface area (Å²) in [6.45, 7) is 4.19. The van der Waals surface area contributed by atoms with Gasteiger partial charge in [-0.25, -0.2) is 0 Å². The van der Waals surface area contributed by atoms with E-state index >= 15 is 0 Å². The zero-order chi connectivity index (χ0) is 17.2. The minimum atomic E-state index is -0.351. The summed E-state index contributed by atoms with van der Waals surface area (Å²) in [6.07, 6.45) is 7.02. The Morgan fingerprint density at radius 2 is 1.96 bits per heavy atom. The first kappa shape index (κ1) is 17.2. The number of anilines is 1. The molecule has 132 valence electrons. The first-order valence-electron chi connectivity index (χ1n) is 9.00. The van der Waals surface area contributed by atoms with Gasteiger partial charge in [0.1, 0.15) is 0 Å². The van der Waals surface area contributed by atoms with Crippen molar-refractivity contribution in [2.45, 2.75) is 63.1 Å². The van der Waals surface area contributed by atoms with Crippen molar-refractivity contribution in [1.29, 1.82) is 0 Å². The van der Waals surface area contributed by atoms with Crippen LogP contribution in [0.15, 0.2) is 24.3 Å². The molecule has 1 saturated carbocycles. The van der Waals surface area contributed by atoms with Crippen LogP contribution in [0.25, 0.3) is 0 Å². The topological polar surface area (TPSA) is 84.4 Å². The fourth-order valence-electron chi connectivity index (χ4n) is 4.15. The van der Waals surface area contributed by atoms with Gasteiger partial charge in [0, 0.05) is 48.5 Å². The minimum absolute atomic E-state index is 0.0413. The highest BCUT2D eigenvalue weighted by Gasteiger charge is 2.35. The van der Waals surface area contributed by atoms with E-state index in [9.17, 15) is 10.1 Å². The SMILES string of the molecule is CC1(N[C@@H]2CCCC[C@H]2N)CCCN(c2ccc([N+](=O)[O-])cc2)C1. The summed E-state index contributed by atoms with van der Waals surface area (Å²) in [6, 6.07) is 7.55. The number of nitro benzene ring substituents is 1. The molecule has 0 amide bonds. The van der Waals surface area contributed by atoms with Crippen LogP contribution in [-0.4, -0.2) is 35.6 Å². The van der Waals surface area contributed by atoms with Crippen molar-refractivity contribution in [2.24, 2.45) is 5.73 Å². The molecule has 0 radical (unpaired) electrons. The second-order valence-corrected chi connectivity index (χ2v) is 7.56. The van der Waals surface area contributed by atoms with Gasteiger partial charge < -0.3 is 16.0 Å². The zero-order valence-electron chi connectivity index (χ0n) is 14.4. The number of rotatable bonds is 4. The summed E-state index contributed by atoms with van der Waals surface area (Å²) in [5, 5.41) is 14.7. The number of piperidine rings is 1. The highest BCUT2D eigenvalue weighted by Crippen LogP contribution is 2.29. The van der Waals surface area contributed by atoms with Gasteiger partial charge >= 0.3 is 0 Å². The quantitative estimate of drug-likeness (QED) is 0.654. The Labute approximate surface area is 143 Å². The summed E-state index contributed by atoms with van der Waals surface area (Å²) >= 11 is 0.